The molecule has 0 bridgehead atoms. The number of pyridine rings is 1. The van der Waals surface area contributed by atoms with Gasteiger partial charge in [-0.25, -0.2) is 0 Å². The van der Waals surface area contributed by atoms with Gasteiger partial charge < -0.3 is 9.64 Å². The molecule has 130 valence electrons. The van der Waals surface area contributed by atoms with Crippen LogP contribution in [0.5, 0.6) is 5.75 Å². The van der Waals surface area contributed by atoms with Gasteiger partial charge in [0.15, 0.2) is 6.04 Å². The van der Waals surface area contributed by atoms with E-state index >= 15 is 0 Å². The maximum absolute atomic E-state index is 13.9. The van der Waals surface area contributed by atoms with Crippen LogP contribution < -0.4 is 4.74 Å². The molecule has 1 aromatic heterocycles. The number of benzene rings is 1. The average molecular weight is 346 g/mol. The van der Waals surface area contributed by atoms with Gasteiger partial charge in [-0.05, 0) is 35.4 Å². The lowest BCUT2D eigenvalue weighted by Crippen LogP contribution is -2.37. The molecule has 3 rings (SSSR count). The molecule has 1 aliphatic heterocycles. The third-order valence-corrected chi connectivity index (χ3v) is 4.05. The number of ether oxygens (including phenoxy) is 1. The van der Waals surface area contributed by atoms with Crippen molar-refractivity contribution in [1.82, 2.24) is 9.88 Å². The summed E-state index contributed by atoms with van der Waals surface area (Å²) >= 11 is 0. The van der Waals surface area contributed by atoms with Crippen LogP contribution in [0.2, 0.25) is 0 Å². The Morgan fingerprint density at radius 1 is 1.12 bits per heavy atom. The largest absolute Gasteiger partial charge is 0.497 e. The molecule has 3 nitrogen and oxygen atoms in total. The maximum atomic E-state index is 13.9. The van der Waals surface area contributed by atoms with E-state index < -0.39 is 18.3 Å². The van der Waals surface area contributed by atoms with Crippen LogP contribution in [0.15, 0.2) is 73.2 Å². The first kappa shape index (κ1) is 17.1. The number of methoxy groups -OCH3 is 1. The summed E-state index contributed by atoms with van der Waals surface area (Å²) in [6.07, 6.45) is 5.30. The quantitative estimate of drug-likeness (QED) is 0.794. The van der Waals surface area contributed by atoms with E-state index in [-0.39, 0.29) is 5.56 Å². The molecule has 2 aromatic rings. The monoisotopic (exact) mass is 346 g/mol. The van der Waals surface area contributed by atoms with Crippen molar-refractivity contribution in [2.24, 2.45) is 0 Å². The molecular formula is C19H17F3N2O. The molecule has 0 aliphatic carbocycles. The zero-order valence-corrected chi connectivity index (χ0v) is 13.5. The molecule has 0 saturated carbocycles. The molecule has 25 heavy (non-hydrogen) atoms. The molecule has 0 spiro atoms. The smallest absolute Gasteiger partial charge is 0.413 e. The lowest BCUT2D eigenvalue weighted by molar-refractivity contribution is -0.183. The van der Waals surface area contributed by atoms with Crippen LogP contribution in [-0.2, 0) is 0 Å². The number of nitrogens with zero attached hydrogens (tertiary/aromatic N) is 2. The highest BCUT2D eigenvalue weighted by molar-refractivity contribution is 5.33. The molecule has 0 saturated heterocycles. The molecule has 2 unspecified atom stereocenters. The minimum absolute atomic E-state index is 0.155. The normalized spacial score (nSPS) is 18.2. The standard InChI is InChI=1S/C19H17F3N2O/c1-25-16-9-7-14(8-10-16)18(19(20,21)22)24-12-3-2-6-17(24)15-5-4-11-23-13-15/h2-13,17-18H,1H3. The molecule has 2 atom stereocenters. The molecular weight excluding hydrogens is 329 g/mol. The van der Waals surface area contributed by atoms with Crippen LogP contribution in [0, 0.1) is 0 Å². The minimum atomic E-state index is -4.44. The van der Waals surface area contributed by atoms with Crippen molar-refractivity contribution < 1.29 is 17.9 Å². The number of hydrogen-bond acceptors (Lipinski definition) is 3. The van der Waals surface area contributed by atoms with Crippen molar-refractivity contribution in [2.45, 2.75) is 18.3 Å². The van der Waals surface area contributed by atoms with Crippen molar-refractivity contribution in [3.63, 3.8) is 0 Å². The molecule has 0 amide bonds. The maximum Gasteiger partial charge on any atom is 0.413 e. The number of halogens is 3. The predicted molar refractivity (Wildman–Crippen MR) is 88.9 cm³/mol. The fourth-order valence-electron chi connectivity index (χ4n) is 2.91. The highest BCUT2D eigenvalue weighted by atomic mass is 19.4. The van der Waals surface area contributed by atoms with Crippen LogP contribution in [-0.4, -0.2) is 23.2 Å². The summed E-state index contributed by atoms with van der Waals surface area (Å²) < 4.78 is 46.8. The van der Waals surface area contributed by atoms with E-state index in [1.807, 2.05) is 0 Å². The van der Waals surface area contributed by atoms with Crippen molar-refractivity contribution in [1.29, 1.82) is 0 Å². The lowest BCUT2D eigenvalue weighted by atomic mass is 9.98. The third-order valence-electron chi connectivity index (χ3n) is 4.05. The Labute approximate surface area is 144 Å². The summed E-state index contributed by atoms with van der Waals surface area (Å²) in [6.45, 7) is 0. The predicted octanol–water partition coefficient (Wildman–Crippen LogP) is 4.82. The molecule has 0 fully saturated rings. The third kappa shape index (κ3) is 3.68. The number of rotatable bonds is 4. The van der Waals surface area contributed by atoms with E-state index in [1.54, 1.807) is 42.8 Å². The van der Waals surface area contributed by atoms with E-state index in [0.29, 0.717) is 11.3 Å². The molecule has 1 aliphatic rings. The number of hydrogen-bond donors (Lipinski definition) is 0. The summed E-state index contributed by atoms with van der Waals surface area (Å²) in [4.78, 5) is 5.33. The topological polar surface area (TPSA) is 25.4 Å². The Balaban J connectivity index is 2.02. The van der Waals surface area contributed by atoms with Gasteiger partial charge in [0.2, 0.25) is 0 Å². The Morgan fingerprint density at radius 2 is 1.88 bits per heavy atom. The van der Waals surface area contributed by atoms with E-state index in [1.165, 1.54) is 42.5 Å². The van der Waals surface area contributed by atoms with Gasteiger partial charge in [-0.3, -0.25) is 4.98 Å². The Morgan fingerprint density at radius 3 is 2.48 bits per heavy atom. The van der Waals surface area contributed by atoms with Gasteiger partial charge in [0.05, 0.1) is 13.2 Å². The summed E-state index contributed by atoms with van der Waals surface area (Å²) in [5.41, 5.74) is 0.855. The van der Waals surface area contributed by atoms with Gasteiger partial charge in [-0.2, -0.15) is 13.2 Å². The molecule has 0 radical (unpaired) electrons. The van der Waals surface area contributed by atoms with E-state index in [9.17, 15) is 13.2 Å². The average Bonchev–Trinajstić information content (AvgIpc) is 2.62. The van der Waals surface area contributed by atoms with Crippen LogP contribution in [0.3, 0.4) is 0 Å². The van der Waals surface area contributed by atoms with Crippen molar-refractivity contribution >= 4 is 0 Å². The van der Waals surface area contributed by atoms with Crippen LogP contribution >= 0.6 is 0 Å². The number of allylic oxidation sites excluding steroid dienone is 2. The van der Waals surface area contributed by atoms with Gasteiger partial charge in [-0.15, -0.1) is 0 Å². The fourth-order valence-corrected chi connectivity index (χ4v) is 2.91. The van der Waals surface area contributed by atoms with E-state index in [4.69, 9.17) is 4.74 Å². The van der Waals surface area contributed by atoms with Gasteiger partial charge in [0, 0.05) is 18.6 Å². The first-order valence-electron chi connectivity index (χ1n) is 7.74. The second kappa shape index (κ2) is 7.01. The highest BCUT2D eigenvalue weighted by Gasteiger charge is 2.46. The second-order valence-corrected chi connectivity index (χ2v) is 5.62. The fraction of sp³-hybridized carbons (Fsp3) is 0.211. The van der Waals surface area contributed by atoms with Crippen LogP contribution in [0.1, 0.15) is 23.2 Å². The zero-order chi connectivity index (χ0) is 17.9. The van der Waals surface area contributed by atoms with E-state index in [2.05, 4.69) is 4.98 Å². The lowest BCUT2D eigenvalue weighted by Gasteiger charge is -2.38. The second-order valence-electron chi connectivity index (χ2n) is 5.62. The molecule has 6 heteroatoms. The Bertz CT molecular complexity index is 754. The van der Waals surface area contributed by atoms with Crippen LogP contribution in [0.4, 0.5) is 13.2 Å². The minimum Gasteiger partial charge on any atom is -0.497 e. The highest BCUT2D eigenvalue weighted by Crippen LogP contribution is 2.43. The van der Waals surface area contributed by atoms with Gasteiger partial charge in [0.25, 0.3) is 0 Å². The number of aromatic nitrogens is 1. The summed E-state index contributed by atoms with van der Waals surface area (Å²) in [5, 5.41) is 0. The molecule has 0 N–H and O–H groups in total. The molecule has 1 aromatic carbocycles. The summed E-state index contributed by atoms with van der Waals surface area (Å²) in [7, 11) is 1.48. The molecule has 2 heterocycles. The Kier molecular flexibility index (Phi) is 4.79. The first-order chi connectivity index (χ1) is 12.0. The zero-order valence-electron chi connectivity index (χ0n) is 13.5. The first-order valence-corrected chi connectivity index (χ1v) is 7.74. The van der Waals surface area contributed by atoms with Crippen molar-refractivity contribution in [3.05, 3.63) is 84.3 Å². The van der Waals surface area contributed by atoms with Gasteiger partial charge in [-0.1, -0.05) is 30.4 Å². The Hall–Kier alpha value is -2.76. The van der Waals surface area contributed by atoms with Crippen molar-refractivity contribution in [2.75, 3.05) is 7.11 Å². The van der Waals surface area contributed by atoms with Crippen molar-refractivity contribution in [3.8, 4) is 5.75 Å². The van der Waals surface area contributed by atoms with E-state index in [0.717, 1.165) is 0 Å². The van der Waals surface area contributed by atoms with Gasteiger partial charge >= 0.3 is 6.18 Å². The number of alkyl halides is 3. The van der Waals surface area contributed by atoms with Gasteiger partial charge in [0.1, 0.15) is 5.75 Å². The summed E-state index contributed by atoms with van der Waals surface area (Å²) in [5.74, 6) is 0.516. The summed E-state index contributed by atoms with van der Waals surface area (Å²) in [6, 6.07) is 7.14. The SMILES string of the molecule is COc1ccc(C(N2C=CC=CC2c2cccnc2)C(F)(F)F)cc1. The van der Waals surface area contributed by atoms with Crippen LogP contribution in [0.25, 0.3) is 0 Å².